The first-order valence-corrected chi connectivity index (χ1v) is 12.5. The van der Waals surface area contributed by atoms with E-state index < -0.39 is 7.26 Å². The summed E-state index contributed by atoms with van der Waals surface area (Å²) in [7, 11) is -2.38. The molecule has 0 saturated heterocycles. The molecule has 5 aromatic rings. The van der Waals surface area contributed by atoms with E-state index >= 15 is 0 Å². The van der Waals surface area contributed by atoms with Crippen molar-refractivity contribution in [3.63, 3.8) is 0 Å². The van der Waals surface area contributed by atoms with E-state index in [1.54, 1.807) is 0 Å². The number of fused-ring (bicyclic) bond motifs is 1. The molecule has 30 heavy (non-hydrogen) atoms. The predicted octanol–water partition coefficient (Wildman–Crippen LogP) is 4.26. The number of pyridine rings is 1. The molecule has 3 aromatic carbocycles. The molecule has 0 bridgehead atoms. The van der Waals surface area contributed by atoms with Crippen LogP contribution < -0.4 is 15.9 Å². The van der Waals surface area contributed by atoms with Gasteiger partial charge in [0.2, 0.25) is 0 Å². The van der Waals surface area contributed by atoms with Crippen molar-refractivity contribution in [2.75, 3.05) is 0 Å². The van der Waals surface area contributed by atoms with Crippen molar-refractivity contribution < 1.29 is 0 Å². The second-order valence-corrected chi connectivity index (χ2v) is 11.6. The van der Waals surface area contributed by atoms with Crippen LogP contribution >= 0.6 is 7.26 Å². The van der Waals surface area contributed by atoms with Crippen LogP contribution in [0.5, 0.6) is 0 Å². The van der Waals surface area contributed by atoms with Gasteiger partial charge in [-0.3, -0.25) is 0 Å². The monoisotopic (exact) mass is 409 g/mol. The van der Waals surface area contributed by atoms with Crippen LogP contribution in [0, 0.1) is 6.92 Å². The number of benzene rings is 3. The van der Waals surface area contributed by atoms with Crippen LogP contribution in [-0.2, 0) is 6.16 Å². The van der Waals surface area contributed by atoms with E-state index in [2.05, 4.69) is 104 Å². The second-order valence-electron chi connectivity index (χ2n) is 7.67. The second kappa shape index (κ2) is 7.85. The number of hydrogen-bond acceptors (Lipinski definition) is 2. The Morgan fingerprint density at radius 2 is 1.17 bits per heavy atom. The van der Waals surface area contributed by atoms with Crippen LogP contribution in [0.1, 0.15) is 11.4 Å². The first-order chi connectivity index (χ1) is 14.8. The molecule has 0 aliphatic rings. The van der Waals surface area contributed by atoms with Crippen LogP contribution in [0.15, 0.2) is 109 Å². The summed E-state index contributed by atoms with van der Waals surface area (Å²) in [5.41, 5.74) is 2.08. The van der Waals surface area contributed by atoms with Crippen molar-refractivity contribution in [2.24, 2.45) is 0 Å². The van der Waals surface area contributed by atoms with Crippen molar-refractivity contribution in [1.82, 2.24) is 14.6 Å². The van der Waals surface area contributed by atoms with E-state index in [4.69, 9.17) is 10.1 Å². The minimum atomic E-state index is -2.38. The van der Waals surface area contributed by atoms with E-state index in [0.717, 1.165) is 23.2 Å². The standard InChI is InChI=1S/C26H24N3P/c1-21-12-11-19-29-26(21)27-25(28-29)20-30(22-13-5-2-6-14-22,23-15-7-3-8-16-23)24-17-9-4-10-18-24/h2-19,30H,20H2,1H3. The van der Waals surface area contributed by atoms with Crippen LogP contribution in [0.25, 0.3) is 5.65 Å². The van der Waals surface area contributed by atoms with Gasteiger partial charge in [-0.2, -0.15) is 0 Å². The molecule has 0 saturated carbocycles. The fourth-order valence-corrected chi connectivity index (χ4v) is 8.89. The predicted molar refractivity (Wildman–Crippen MR) is 128 cm³/mol. The first-order valence-electron chi connectivity index (χ1n) is 10.2. The summed E-state index contributed by atoms with van der Waals surface area (Å²) in [5, 5.41) is 8.99. The van der Waals surface area contributed by atoms with Gasteiger partial charge in [0.05, 0.1) is 0 Å². The van der Waals surface area contributed by atoms with Crippen LogP contribution in [0.4, 0.5) is 0 Å². The number of rotatable bonds is 5. The summed E-state index contributed by atoms with van der Waals surface area (Å²) < 4.78 is 1.91. The average molecular weight is 409 g/mol. The van der Waals surface area contributed by atoms with Gasteiger partial charge in [0.1, 0.15) is 0 Å². The molecule has 0 aliphatic heterocycles. The molecule has 0 radical (unpaired) electrons. The number of aryl methyl sites for hydroxylation is 1. The third-order valence-electron chi connectivity index (χ3n) is 5.82. The fourth-order valence-electron chi connectivity index (χ4n) is 4.37. The van der Waals surface area contributed by atoms with Crippen molar-refractivity contribution in [3.8, 4) is 0 Å². The third kappa shape index (κ3) is 3.22. The summed E-state index contributed by atoms with van der Waals surface area (Å²) in [5.74, 6) is 0.896. The molecule has 0 amide bonds. The quantitative estimate of drug-likeness (QED) is 0.406. The molecular formula is C26H24N3P. The van der Waals surface area contributed by atoms with Gasteiger partial charge in [-0.05, 0) is 0 Å². The van der Waals surface area contributed by atoms with E-state index in [9.17, 15) is 0 Å². The van der Waals surface area contributed by atoms with Gasteiger partial charge in [-0.25, -0.2) is 0 Å². The number of hydrogen-bond donors (Lipinski definition) is 0. The zero-order valence-corrected chi connectivity index (χ0v) is 17.9. The Morgan fingerprint density at radius 3 is 1.63 bits per heavy atom. The molecule has 0 atom stereocenters. The Hall–Kier alpha value is -3.29. The summed E-state index contributed by atoms with van der Waals surface area (Å²) in [6, 6.07) is 36.9. The summed E-state index contributed by atoms with van der Waals surface area (Å²) in [6.07, 6.45) is 2.79. The Bertz CT molecular complexity index is 1170. The molecular weight excluding hydrogens is 385 g/mol. The Kier molecular flexibility index (Phi) is 4.90. The van der Waals surface area contributed by atoms with Gasteiger partial charge in [0, 0.05) is 0 Å². The average Bonchev–Trinajstić information content (AvgIpc) is 3.23. The van der Waals surface area contributed by atoms with Crippen LogP contribution in [0.3, 0.4) is 0 Å². The van der Waals surface area contributed by atoms with E-state index in [1.165, 1.54) is 15.9 Å². The van der Waals surface area contributed by atoms with Crippen LogP contribution in [0.2, 0.25) is 0 Å². The van der Waals surface area contributed by atoms with E-state index in [-0.39, 0.29) is 0 Å². The zero-order valence-electron chi connectivity index (χ0n) is 16.9. The van der Waals surface area contributed by atoms with Crippen molar-refractivity contribution in [1.29, 1.82) is 0 Å². The topological polar surface area (TPSA) is 30.2 Å². The molecule has 0 N–H and O–H groups in total. The van der Waals surface area contributed by atoms with Crippen molar-refractivity contribution in [2.45, 2.75) is 13.1 Å². The maximum atomic E-state index is 4.96. The molecule has 2 aromatic heterocycles. The molecule has 0 spiro atoms. The van der Waals surface area contributed by atoms with Gasteiger partial charge in [0.15, 0.2) is 0 Å². The SMILES string of the molecule is Cc1cccn2nc(C[PH](c3ccccc3)(c3ccccc3)c3ccccc3)nc12. The van der Waals surface area contributed by atoms with Crippen molar-refractivity contribution in [3.05, 3.63) is 121 Å². The number of nitrogens with zero attached hydrogens (tertiary/aromatic N) is 3. The van der Waals surface area contributed by atoms with Gasteiger partial charge < -0.3 is 0 Å². The molecule has 3 nitrogen and oxygen atoms in total. The van der Waals surface area contributed by atoms with Gasteiger partial charge >= 0.3 is 177 Å². The van der Waals surface area contributed by atoms with Gasteiger partial charge in [0.25, 0.3) is 0 Å². The minimum absolute atomic E-state index is 0.812. The van der Waals surface area contributed by atoms with E-state index in [1.807, 2.05) is 16.8 Å². The zero-order chi connectivity index (χ0) is 20.4. The molecule has 5 rings (SSSR count). The van der Waals surface area contributed by atoms with Gasteiger partial charge in [-0.1, -0.05) is 0 Å². The maximum absolute atomic E-state index is 4.96. The van der Waals surface area contributed by atoms with Crippen LogP contribution in [-0.4, -0.2) is 14.6 Å². The van der Waals surface area contributed by atoms with E-state index in [0.29, 0.717) is 0 Å². The number of aromatic nitrogens is 3. The summed E-state index contributed by atoms with van der Waals surface area (Å²) in [6.45, 7) is 2.09. The molecule has 4 heteroatoms. The third-order valence-corrected chi connectivity index (χ3v) is 10.6. The molecule has 0 fully saturated rings. The molecule has 0 unspecified atom stereocenters. The Morgan fingerprint density at radius 1 is 0.667 bits per heavy atom. The van der Waals surface area contributed by atoms with Gasteiger partial charge in [-0.15, -0.1) is 0 Å². The summed E-state index contributed by atoms with van der Waals surface area (Å²) in [4.78, 5) is 4.96. The fraction of sp³-hybridized carbons (Fsp3) is 0.0769. The molecule has 0 aliphatic carbocycles. The molecule has 148 valence electrons. The van der Waals surface area contributed by atoms with Crippen molar-refractivity contribution >= 4 is 28.8 Å². The summed E-state index contributed by atoms with van der Waals surface area (Å²) >= 11 is 0. The Labute approximate surface area is 177 Å². The molecule has 2 heterocycles. The normalized spacial score (nSPS) is 12.2. The Balaban J connectivity index is 1.77. The first kappa shape index (κ1) is 18.7.